The van der Waals surface area contributed by atoms with E-state index in [1.165, 1.54) is 6.07 Å². The zero-order valence-corrected chi connectivity index (χ0v) is 11.7. The fourth-order valence-electron chi connectivity index (χ4n) is 1.64. The molecule has 0 saturated heterocycles. The van der Waals surface area contributed by atoms with Gasteiger partial charge in [0, 0.05) is 5.56 Å². The Morgan fingerprint density at radius 1 is 1.17 bits per heavy atom. The molecular weight excluding hydrogens is 344 g/mol. The van der Waals surface area contributed by atoms with Gasteiger partial charge >= 0.3 is 12.4 Å². The first-order valence-electron chi connectivity index (χ1n) is 6.33. The maximum atomic E-state index is 12.6. The molecule has 1 heterocycles. The van der Waals surface area contributed by atoms with Crippen molar-refractivity contribution in [2.24, 2.45) is 0 Å². The van der Waals surface area contributed by atoms with E-state index < -0.39 is 36.9 Å². The van der Waals surface area contributed by atoms with E-state index in [-0.39, 0.29) is 11.4 Å². The number of tetrazole rings is 1. The van der Waals surface area contributed by atoms with Gasteiger partial charge in [-0.15, -0.1) is 10.2 Å². The molecule has 130 valence electrons. The average molecular weight is 353 g/mol. The van der Waals surface area contributed by atoms with Crippen LogP contribution in [0.3, 0.4) is 0 Å². The zero-order chi connectivity index (χ0) is 18.0. The molecule has 0 aliphatic carbocycles. The van der Waals surface area contributed by atoms with Gasteiger partial charge in [-0.1, -0.05) is 12.1 Å². The van der Waals surface area contributed by atoms with Crippen molar-refractivity contribution < 1.29 is 31.1 Å². The van der Waals surface area contributed by atoms with Gasteiger partial charge in [-0.05, 0) is 17.3 Å². The van der Waals surface area contributed by atoms with Gasteiger partial charge in [0.05, 0.1) is 5.56 Å². The highest BCUT2D eigenvalue weighted by Gasteiger charge is 2.31. The lowest BCUT2D eigenvalue weighted by molar-refractivity contribution is -0.139. The molecule has 0 fully saturated rings. The average Bonchev–Trinajstić information content (AvgIpc) is 2.92. The summed E-state index contributed by atoms with van der Waals surface area (Å²) in [7, 11) is 0. The van der Waals surface area contributed by atoms with Gasteiger partial charge in [-0.3, -0.25) is 4.79 Å². The summed E-state index contributed by atoms with van der Waals surface area (Å²) in [5.74, 6) is -1.20. The molecule has 6 nitrogen and oxygen atoms in total. The van der Waals surface area contributed by atoms with Crippen LogP contribution in [0, 0.1) is 0 Å². The third-order valence-corrected chi connectivity index (χ3v) is 2.67. The van der Waals surface area contributed by atoms with E-state index in [2.05, 4.69) is 15.4 Å². The molecule has 1 amide bonds. The quantitative estimate of drug-likeness (QED) is 0.854. The summed E-state index contributed by atoms with van der Waals surface area (Å²) >= 11 is 0. The lowest BCUT2D eigenvalue weighted by Crippen LogP contribution is -2.36. The van der Waals surface area contributed by atoms with E-state index >= 15 is 0 Å². The Hall–Kier alpha value is -2.66. The molecule has 0 atom stereocenters. The zero-order valence-electron chi connectivity index (χ0n) is 11.7. The Labute approximate surface area is 130 Å². The van der Waals surface area contributed by atoms with Gasteiger partial charge in [0.2, 0.25) is 11.7 Å². The second-order valence-electron chi connectivity index (χ2n) is 4.61. The van der Waals surface area contributed by atoms with Gasteiger partial charge in [-0.2, -0.15) is 31.1 Å². The second kappa shape index (κ2) is 6.45. The Bertz CT molecular complexity index is 723. The SMILES string of the molecule is O=C(Cn1nnc(-c2cccc(C(F)(F)F)c2)n1)NCC(F)(F)F. The van der Waals surface area contributed by atoms with Crippen LogP contribution in [0.25, 0.3) is 11.4 Å². The number of carbonyl (C=O) groups is 1. The molecule has 2 aromatic rings. The van der Waals surface area contributed by atoms with Crippen LogP contribution in [-0.2, 0) is 17.5 Å². The fourth-order valence-corrected chi connectivity index (χ4v) is 1.64. The van der Waals surface area contributed by atoms with Crippen LogP contribution in [-0.4, -0.2) is 38.8 Å². The van der Waals surface area contributed by atoms with Crippen molar-refractivity contribution in [3.8, 4) is 11.4 Å². The minimum absolute atomic E-state index is 0.00627. The standard InChI is InChI=1S/C12H9F6N5O/c13-11(14,15)6-19-9(24)5-23-21-10(20-22-23)7-2-1-3-8(4-7)12(16,17)18/h1-4H,5-6H2,(H,19,24). The Balaban J connectivity index is 2.07. The van der Waals surface area contributed by atoms with Gasteiger partial charge in [0.15, 0.2) is 0 Å². The molecule has 1 N–H and O–H groups in total. The molecule has 1 aromatic heterocycles. The van der Waals surface area contributed by atoms with E-state index in [1.54, 1.807) is 5.32 Å². The summed E-state index contributed by atoms with van der Waals surface area (Å²) in [4.78, 5) is 12.0. The molecule has 2 rings (SSSR count). The number of benzene rings is 1. The van der Waals surface area contributed by atoms with Crippen molar-refractivity contribution in [3.05, 3.63) is 29.8 Å². The Morgan fingerprint density at radius 2 is 1.88 bits per heavy atom. The lowest BCUT2D eigenvalue weighted by Gasteiger charge is -2.07. The number of halogens is 6. The Morgan fingerprint density at radius 3 is 2.50 bits per heavy atom. The maximum Gasteiger partial charge on any atom is 0.416 e. The van der Waals surface area contributed by atoms with Crippen LogP contribution < -0.4 is 5.32 Å². The summed E-state index contributed by atoms with van der Waals surface area (Å²) in [6.07, 6.45) is -9.11. The third-order valence-electron chi connectivity index (χ3n) is 2.67. The number of rotatable bonds is 4. The molecule has 24 heavy (non-hydrogen) atoms. The van der Waals surface area contributed by atoms with Crippen molar-refractivity contribution in [2.75, 3.05) is 6.54 Å². The van der Waals surface area contributed by atoms with Crippen LogP contribution in [0.2, 0.25) is 0 Å². The number of hydrogen-bond donors (Lipinski definition) is 1. The predicted octanol–water partition coefficient (Wildman–Crippen LogP) is 2.04. The smallest absolute Gasteiger partial charge is 0.345 e. The lowest BCUT2D eigenvalue weighted by atomic mass is 10.1. The summed E-state index contributed by atoms with van der Waals surface area (Å²) in [6.45, 7) is -2.16. The first-order chi connectivity index (χ1) is 11.0. The van der Waals surface area contributed by atoms with Gasteiger partial charge in [0.25, 0.3) is 0 Å². The van der Waals surface area contributed by atoms with Crippen molar-refractivity contribution >= 4 is 5.91 Å². The summed E-state index contributed by atoms with van der Waals surface area (Å²) in [5.41, 5.74) is -0.911. The highest BCUT2D eigenvalue weighted by atomic mass is 19.4. The predicted molar refractivity (Wildman–Crippen MR) is 67.3 cm³/mol. The summed E-state index contributed by atoms with van der Waals surface area (Å²) in [6, 6.07) is 4.11. The normalized spacial score (nSPS) is 12.2. The number of nitrogens with one attached hydrogen (secondary N) is 1. The first kappa shape index (κ1) is 17.7. The van der Waals surface area contributed by atoms with Crippen LogP contribution in [0.4, 0.5) is 26.3 Å². The van der Waals surface area contributed by atoms with Crippen molar-refractivity contribution in [1.82, 2.24) is 25.5 Å². The minimum Gasteiger partial charge on any atom is -0.345 e. The van der Waals surface area contributed by atoms with E-state index in [1.807, 2.05) is 0 Å². The number of amides is 1. The summed E-state index contributed by atoms with van der Waals surface area (Å²) in [5, 5.41) is 12.2. The largest absolute Gasteiger partial charge is 0.416 e. The number of hydrogen-bond acceptors (Lipinski definition) is 4. The number of nitrogens with zero attached hydrogens (tertiary/aromatic N) is 4. The van der Waals surface area contributed by atoms with Gasteiger partial charge < -0.3 is 5.32 Å². The van der Waals surface area contributed by atoms with Gasteiger partial charge in [-0.25, -0.2) is 0 Å². The molecular formula is C12H9F6N5O. The molecule has 12 heteroatoms. The van der Waals surface area contributed by atoms with Crippen LogP contribution in [0.15, 0.2) is 24.3 Å². The molecule has 0 unspecified atom stereocenters. The highest BCUT2D eigenvalue weighted by molar-refractivity contribution is 5.75. The van der Waals surface area contributed by atoms with Crippen LogP contribution in [0.1, 0.15) is 5.56 Å². The topological polar surface area (TPSA) is 72.7 Å². The fraction of sp³-hybridized carbons (Fsp3) is 0.333. The summed E-state index contributed by atoms with van der Waals surface area (Å²) < 4.78 is 73.8. The number of carbonyl (C=O) groups excluding carboxylic acids is 1. The van der Waals surface area contributed by atoms with Crippen molar-refractivity contribution in [1.29, 1.82) is 0 Å². The maximum absolute atomic E-state index is 12.6. The molecule has 0 aliphatic heterocycles. The monoisotopic (exact) mass is 353 g/mol. The molecule has 0 aliphatic rings. The minimum atomic E-state index is -4.56. The van der Waals surface area contributed by atoms with E-state index in [4.69, 9.17) is 0 Å². The molecule has 0 spiro atoms. The highest BCUT2D eigenvalue weighted by Crippen LogP contribution is 2.31. The molecule has 0 radical (unpaired) electrons. The van der Waals surface area contributed by atoms with Crippen molar-refractivity contribution in [2.45, 2.75) is 18.9 Å². The Kier molecular flexibility index (Phi) is 4.76. The molecule has 0 saturated carbocycles. The number of alkyl halides is 6. The van der Waals surface area contributed by atoms with Crippen LogP contribution >= 0.6 is 0 Å². The second-order valence-corrected chi connectivity index (χ2v) is 4.61. The first-order valence-corrected chi connectivity index (χ1v) is 6.33. The van der Waals surface area contributed by atoms with E-state index in [0.717, 1.165) is 18.2 Å². The van der Waals surface area contributed by atoms with Crippen LogP contribution in [0.5, 0.6) is 0 Å². The third kappa shape index (κ3) is 4.93. The molecule has 0 bridgehead atoms. The van der Waals surface area contributed by atoms with Gasteiger partial charge in [0.1, 0.15) is 13.1 Å². The van der Waals surface area contributed by atoms with E-state index in [0.29, 0.717) is 4.80 Å². The number of aromatic nitrogens is 4. The van der Waals surface area contributed by atoms with E-state index in [9.17, 15) is 31.1 Å². The molecule has 1 aromatic carbocycles. The van der Waals surface area contributed by atoms with Crippen molar-refractivity contribution in [3.63, 3.8) is 0 Å².